The molecule has 0 amide bonds. The lowest BCUT2D eigenvalue weighted by Gasteiger charge is -2.11. The van der Waals surface area contributed by atoms with Crippen LogP contribution >= 0.6 is 0 Å². The third kappa shape index (κ3) is 3.49. The van der Waals surface area contributed by atoms with Gasteiger partial charge in [0.2, 0.25) is 0 Å². The van der Waals surface area contributed by atoms with Gasteiger partial charge in [-0.1, -0.05) is 23.8 Å². The van der Waals surface area contributed by atoms with Crippen LogP contribution in [0.2, 0.25) is 0 Å². The van der Waals surface area contributed by atoms with Crippen LogP contribution in [0.1, 0.15) is 17.0 Å². The third-order valence-electron chi connectivity index (χ3n) is 4.89. The molecule has 6 heteroatoms. The Morgan fingerprint density at radius 2 is 1.59 bits per heavy atom. The van der Waals surface area contributed by atoms with E-state index in [-0.39, 0.29) is 0 Å². The van der Waals surface area contributed by atoms with Crippen LogP contribution in [0.25, 0.3) is 16.8 Å². The van der Waals surface area contributed by atoms with Crippen molar-refractivity contribution < 1.29 is 9.47 Å². The van der Waals surface area contributed by atoms with E-state index < -0.39 is 0 Å². The van der Waals surface area contributed by atoms with Crippen LogP contribution in [0.15, 0.2) is 48.5 Å². The molecular formula is C23H24N4O2. The summed E-state index contributed by atoms with van der Waals surface area (Å²) in [4.78, 5) is 4.78. The molecule has 29 heavy (non-hydrogen) atoms. The number of methoxy groups -OCH3 is 2. The number of benzene rings is 2. The topological polar surface area (TPSA) is 60.7 Å². The molecule has 2 aromatic heterocycles. The van der Waals surface area contributed by atoms with Gasteiger partial charge >= 0.3 is 0 Å². The van der Waals surface area contributed by atoms with E-state index in [4.69, 9.17) is 19.6 Å². The minimum Gasteiger partial charge on any atom is -0.493 e. The normalized spacial score (nSPS) is 10.9. The Hall–Kier alpha value is -3.54. The minimum atomic E-state index is 0.675. The highest BCUT2D eigenvalue weighted by Crippen LogP contribution is 2.36. The molecule has 0 aliphatic rings. The van der Waals surface area contributed by atoms with E-state index in [2.05, 4.69) is 36.5 Å². The number of nitrogens with one attached hydrogen (secondary N) is 1. The number of rotatable bonds is 5. The number of aromatic nitrogens is 3. The summed E-state index contributed by atoms with van der Waals surface area (Å²) in [7, 11) is 3.27. The van der Waals surface area contributed by atoms with Crippen molar-refractivity contribution in [3.05, 3.63) is 65.5 Å². The summed E-state index contributed by atoms with van der Waals surface area (Å²) in [5, 5.41) is 8.23. The van der Waals surface area contributed by atoms with Gasteiger partial charge in [0.15, 0.2) is 17.1 Å². The first kappa shape index (κ1) is 18.8. The molecule has 0 spiro atoms. The fraction of sp³-hybridized carbons (Fsp3) is 0.217. The molecule has 6 nitrogen and oxygen atoms in total. The molecular weight excluding hydrogens is 364 g/mol. The zero-order valence-corrected chi connectivity index (χ0v) is 17.3. The van der Waals surface area contributed by atoms with E-state index in [1.165, 1.54) is 5.56 Å². The van der Waals surface area contributed by atoms with Crippen LogP contribution in [0.4, 0.5) is 11.5 Å². The average Bonchev–Trinajstić information content (AvgIpc) is 3.05. The van der Waals surface area contributed by atoms with Crippen molar-refractivity contribution in [1.29, 1.82) is 0 Å². The molecule has 0 aliphatic carbocycles. The van der Waals surface area contributed by atoms with Gasteiger partial charge in [-0.25, -0.2) is 4.98 Å². The van der Waals surface area contributed by atoms with Crippen LogP contribution in [0.3, 0.4) is 0 Å². The second-order valence-electron chi connectivity index (χ2n) is 7.04. The first-order valence-electron chi connectivity index (χ1n) is 9.43. The maximum absolute atomic E-state index is 5.48. The Morgan fingerprint density at radius 3 is 2.28 bits per heavy atom. The molecule has 2 aromatic carbocycles. The smallest absolute Gasteiger partial charge is 0.165 e. The molecule has 4 aromatic rings. The summed E-state index contributed by atoms with van der Waals surface area (Å²) in [6.45, 7) is 6.05. The van der Waals surface area contributed by atoms with Gasteiger partial charge in [0.05, 0.1) is 19.9 Å². The van der Waals surface area contributed by atoms with E-state index in [0.717, 1.165) is 39.7 Å². The first-order chi connectivity index (χ1) is 14.0. The zero-order valence-electron chi connectivity index (χ0n) is 17.3. The summed E-state index contributed by atoms with van der Waals surface area (Å²) in [5.41, 5.74) is 6.78. The molecule has 4 rings (SSSR count). The molecule has 0 fully saturated rings. The Labute approximate surface area is 170 Å². The summed E-state index contributed by atoms with van der Waals surface area (Å²) >= 11 is 0. The number of anilines is 2. The Kier molecular flexibility index (Phi) is 4.84. The SMILES string of the molecule is COc1ccc(-c2c(C)nn3c(Nc4ccc(C)cc4)cc(C)nc23)cc1OC. The number of nitrogens with zero attached hydrogens (tertiary/aromatic N) is 3. The number of fused-ring (bicyclic) bond motifs is 1. The lowest BCUT2D eigenvalue weighted by Crippen LogP contribution is -2.02. The van der Waals surface area contributed by atoms with Gasteiger partial charge in [-0.05, 0) is 50.6 Å². The highest BCUT2D eigenvalue weighted by Gasteiger charge is 2.18. The van der Waals surface area contributed by atoms with Gasteiger partial charge in [0.25, 0.3) is 0 Å². The second-order valence-corrected chi connectivity index (χ2v) is 7.04. The van der Waals surface area contributed by atoms with E-state index in [9.17, 15) is 0 Å². The molecule has 0 saturated carbocycles. The van der Waals surface area contributed by atoms with Gasteiger partial charge in [-0.3, -0.25) is 0 Å². The van der Waals surface area contributed by atoms with Gasteiger partial charge in [0.1, 0.15) is 5.82 Å². The van der Waals surface area contributed by atoms with Crippen LogP contribution in [0.5, 0.6) is 11.5 Å². The molecule has 0 bridgehead atoms. The van der Waals surface area contributed by atoms with E-state index in [0.29, 0.717) is 11.5 Å². The van der Waals surface area contributed by atoms with Crippen molar-refractivity contribution in [3.63, 3.8) is 0 Å². The maximum Gasteiger partial charge on any atom is 0.165 e. The summed E-state index contributed by atoms with van der Waals surface area (Å²) in [6.07, 6.45) is 0. The van der Waals surface area contributed by atoms with Crippen LogP contribution in [-0.4, -0.2) is 28.8 Å². The van der Waals surface area contributed by atoms with Crippen molar-refractivity contribution in [2.45, 2.75) is 20.8 Å². The Balaban J connectivity index is 1.86. The molecule has 0 saturated heterocycles. The number of aryl methyl sites for hydroxylation is 3. The van der Waals surface area contributed by atoms with E-state index in [1.807, 2.05) is 42.6 Å². The largest absolute Gasteiger partial charge is 0.493 e. The molecule has 0 radical (unpaired) electrons. The summed E-state index contributed by atoms with van der Waals surface area (Å²) in [6, 6.07) is 16.1. The van der Waals surface area contributed by atoms with Crippen molar-refractivity contribution in [2.75, 3.05) is 19.5 Å². The van der Waals surface area contributed by atoms with Gasteiger partial charge in [0, 0.05) is 23.0 Å². The molecule has 148 valence electrons. The van der Waals surface area contributed by atoms with Crippen molar-refractivity contribution in [1.82, 2.24) is 14.6 Å². The lowest BCUT2D eigenvalue weighted by molar-refractivity contribution is 0.355. The summed E-state index contributed by atoms with van der Waals surface area (Å²) < 4.78 is 12.7. The quantitative estimate of drug-likeness (QED) is 0.516. The third-order valence-corrected chi connectivity index (χ3v) is 4.89. The van der Waals surface area contributed by atoms with Crippen LogP contribution in [-0.2, 0) is 0 Å². The van der Waals surface area contributed by atoms with E-state index >= 15 is 0 Å². The molecule has 0 unspecified atom stereocenters. The monoisotopic (exact) mass is 388 g/mol. The average molecular weight is 388 g/mol. The molecule has 0 aliphatic heterocycles. The fourth-order valence-electron chi connectivity index (χ4n) is 3.45. The molecule has 1 N–H and O–H groups in total. The van der Waals surface area contributed by atoms with Crippen LogP contribution in [0, 0.1) is 20.8 Å². The van der Waals surface area contributed by atoms with Crippen molar-refractivity contribution >= 4 is 17.2 Å². The first-order valence-corrected chi connectivity index (χ1v) is 9.43. The van der Waals surface area contributed by atoms with E-state index in [1.54, 1.807) is 14.2 Å². The highest BCUT2D eigenvalue weighted by molar-refractivity contribution is 5.82. The van der Waals surface area contributed by atoms with Gasteiger partial charge in [-0.15, -0.1) is 0 Å². The van der Waals surface area contributed by atoms with Crippen LogP contribution < -0.4 is 14.8 Å². The Bertz CT molecular complexity index is 1180. The minimum absolute atomic E-state index is 0.675. The Morgan fingerprint density at radius 1 is 0.862 bits per heavy atom. The number of hydrogen-bond acceptors (Lipinski definition) is 5. The van der Waals surface area contributed by atoms with Crippen molar-refractivity contribution in [3.8, 4) is 22.6 Å². The predicted molar refractivity (Wildman–Crippen MR) is 115 cm³/mol. The highest BCUT2D eigenvalue weighted by atomic mass is 16.5. The fourth-order valence-corrected chi connectivity index (χ4v) is 3.45. The van der Waals surface area contributed by atoms with Gasteiger partial charge in [-0.2, -0.15) is 9.61 Å². The second kappa shape index (κ2) is 7.47. The molecule has 2 heterocycles. The standard InChI is InChI=1S/C23H24N4O2/c1-14-6-9-18(10-7-14)25-21-12-15(2)24-23-22(16(3)26-27(21)23)17-8-11-19(28-4)20(13-17)29-5/h6-13,25H,1-5H3. The van der Waals surface area contributed by atoms with Crippen molar-refractivity contribution in [2.24, 2.45) is 0 Å². The summed E-state index contributed by atoms with van der Waals surface area (Å²) in [5.74, 6) is 2.23. The molecule has 0 atom stereocenters. The number of hydrogen-bond donors (Lipinski definition) is 1. The lowest BCUT2D eigenvalue weighted by atomic mass is 10.1. The predicted octanol–water partition coefficient (Wildman–Crippen LogP) is 5.08. The maximum atomic E-state index is 5.48. The number of ether oxygens (including phenoxy) is 2. The zero-order chi connectivity index (χ0) is 20.5. The van der Waals surface area contributed by atoms with Gasteiger partial charge < -0.3 is 14.8 Å².